The maximum atomic E-state index is 13.6. The first-order valence-corrected chi connectivity index (χ1v) is 41.6. The number of benzene rings is 6. The van der Waals surface area contributed by atoms with Gasteiger partial charge in [0.25, 0.3) is 16.7 Å². The molecule has 3 fully saturated rings. The summed E-state index contributed by atoms with van der Waals surface area (Å²) in [6, 6.07) is 43.2. The number of carbonyl (C=O) groups excluding carboxylic acids is 12. The van der Waals surface area contributed by atoms with E-state index in [0.717, 1.165) is 70.2 Å². The Morgan fingerprint density at radius 2 is 0.800 bits per heavy atom. The first-order chi connectivity index (χ1) is 60.2. The highest BCUT2D eigenvalue weighted by Crippen LogP contribution is 2.35. The van der Waals surface area contributed by atoms with Gasteiger partial charge in [-0.25, -0.2) is 15.0 Å². The number of aromatic nitrogens is 6. The molecule has 5 unspecified atom stereocenters. The molecule has 8 atom stereocenters. The van der Waals surface area contributed by atoms with Crippen LogP contribution in [0.3, 0.4) is 0 Å². The van der Waals surface area contributed by atoms with Gasteiger partial charge in [-0.1, -0.05) is 152 Å². The summed E-state index contributed by atoms with van der Waals surface area (Å²) >= 11 is 0. The van der Waals surface area contributed by atoms with Crippen LogP contribution in [0.25, 0.3) is 34.2 Å². The van der Waals surface area contributed by atoms with E-state index < -0.39 is 76.7 Å². The van der Waals surface area contributed by atoms with Crippen molar-refractivity contribution in [1.29, 1.82) is 0 Å². The Morgan fingerprint density at radius 1 is 0.432 bits per heavy atom. The average Bonchev–Trinajstić information content (AvgIpc) is 0.948. The van der Waals surface area contributed by atoms with Gasteiger partial charge in [0.2, 0.25) is 41.4 Å². The van der Waals surface area contributed by atoms with E-state index in [1.54, 1.807) is 109 Å². The second kappa shape index (κ2) is 42.2. The number of Topliss-reactive ketones (excluding diaryl/α,β-unsaturated/α-hetero) is 3. The second-order valence-electron chi connectivity index (χ2n) is 31.1. The minimum atomic E-state index is -0.705. The van der Waals surface area contributed by atoms with Crippen molar-refractivity contribution in [2.24, 2.45) is 0 Å². The Bertz CT molecular complexity index is 5750. The highest BCUT2D eigenvalue weighted by Gasteiger charge is 2.36. The normalized spacial score (nSPS) is 17.3. The number of fused-ring (bicyclic) bond motifs is 2. The van der Waals surface area contributed by atoms with Crippen LogP contribution in [-0.4, -0.2) is 157 Å². The van der Waals surface area contributed by atoms with E-state index in [2.05, 4.69) is 68.1 Å². The summed E-state index contributed by atoms with van der Waals surface area (Å²) in [5.74, 6) is -2.63. The van der Waals surface area contributed by atoms with Crippen molar-refractivity contribution in [1.82, 2.24) is 65.9 Å². The lowest BCUT2D eigenvalue weighted by Gasteiger charge is -2.29. The van der Waals surface area contributed by atoms with Crippen LogP contribution in [0.1, 0.15) is 135 Å². The topological polar surface area (TPSA) is 448 Å². The van der Waals surface area contributed by atoms with Gasteiger partial charge in [0.05, 0.1) is 61.3 Å². The second-order valence-corrected chi connectivity index (χ2v) is 31.1. The fourth-order valence-corrected chi connectivity index (χ4v) is 15.2. The van der Waals surface area contributed by atoms with Crippen LogP contribution in [-0.2, 0) is 125 Å². The largest absolute Gasteiger partial charge is 0.454 e. The Kier molecular flexibility index (Phi) is 30.5. The lowest BCUT2D eigenvalue weighted by atomic mass is 9.83. The lowest BCUT2D eigenvalue weighted by molar-refractivity contribution is -0.147. The molecule has 3 aromatic heterocycles. The highest BCUT2D eigenvalue weighted by molar-refractivity contribution is 6.00. The number of cyclic esters (lactones) is 2. The third kappa shape index (κ3) is 23.1. The summed E-state index contributed by atoms with van der Waals surface area (Å²) in [7, 11) is 4.91. The maximum absolute atomic E-state index is 13.6. The predicted molar refractivity (Wildman–Crippen MR) is 463 cm³/mol. The molecule has 6 aromatic carbocycles. The van der Waals surface area contributed by atoms with E-state index in [9.17, 15) is 71.9 Å². The molecule has 650 valence electrons. The number of anilines is 3. The van der Waals surface area contributed by atoms with Gasteiger partial charge in [-0.15, -0.1) is 0 Å². The number of hydrogen-bond donors (Lipinski definition) is 10. The molecule has 14 rings (SSSR count). The number of nitrogens with one attached hydrogen (secondary N) is 10. The number of likely N-dealkylation sites (N-methyl/N-ethyl adjacent to an activating group) is 3. The fourth-order valence-electron chi connectivity index (χ4n) is 15.2. The molecule has 3 saturated heterocycles. The van der Waals surface area contributed by atoms with E-state index in [1.807, 2.05) is 84.9 Å². The Labute approximate surface area is 719 Å². The van der Waals surface area contributed by atoms with Crippen molar-refractivity contribution in [3.8, 4) is 34.2 Å². The van der Waals surface area contributed by atoms with E-state index >= 15 is 0 Å². The minimum Gasteiger partial charge on any atom is -0.454 e. The van der Waals surface area contributed by atoms with Crippen molar-refractivity contribution in [3.05, 3.63) is 246 Å². The van der Waals surface area contributed by atoms with Gasteiger partial charge in [0.15, 0.2) is 29.6 Å². The number of carbonyl (C=O) groups is 12. The van der Waals surface area contributed by atoms with Gasteiger partial charge in [0, 0.05) is 68.2 Å². The van der Waals surface area contributed by atoms with Crippen molar-refractivity contribution >= 4 is 87.7 Å². The molecule has 7 amide bonds. The molecule has 0 bridgehead atoms. The van der Waals surface area contributed by atoms with Crippen LogP contribution < -0.4 is 69.8 Å². The molecule has 125 heavy (non-hydrogen) atoms. The standard InChI is InChI=1S/C32H35N5O6.C31H34N6O5.C29H31N5O6/c1-19(33-2)31(41)36-25-17-34-30(20-8-4-3-5-9-20)37(32(25)42)18-28(39)35-24-13-7-11-22-21(10-6-12-23(22)24)16-26(38)27-14-15-29(40)43-27;1-18(32-2)30(41)36-25-16-33-29(19-8-4-3-5-9-19)37(31(25)42)17-28(40)34-23-13-7-11-21-20(10-6-12-22(21)23)14-26(38)24-15-27(39)35-24;1-18(30-2)28(38)33-22-16-32-27(21-9-4-3-5-10-21)34(29(22)39)17-25(36)31-15-20-8-6-7-19(13-20)14-23(35)24-11-12-26(37)40-24/h3-6,8-10,12,17,19,24,27,33H,7,11,13-16,18H2,1-2H3,(H,35,39)(H,36,41);3-6,8-10,12,16,18,23-24,32H,7,11,13-15,17H2,1-2H3,(H,34,40)(H,35,39)(H,36,41);3-10,13,16,18,24,30H,11-12,14-15,17H2,1-2H3,(H,31,36)(H,33,38)/t19-,24?,27?;18-,23?,24?;18-,24?/m000/s1. The van der Waals surface area contributed by atoms with Crippen molar-refractivity contribution < 1.29 is 67.0 Å². The first kappa shape index (κ1) is 90.3. The number of esters is 2. The summed E-state index contributed by atoms with van der Waals surface area (Å²) in [6.07, 6.45) is 9.15. The van der Waals surface area contributed by atoms with E-state index in [0.29, 0.717) is 54.0 Å². The minimum absolute atomic E-state index is 0.0189. The van der Waals surface area contributed by atoms with Crippen LogP contribution in [0.4, 0.5) is 17.1 Å². The lowest BCUT2D eigenvalue weighted by Crippen LogP contribution is -2.53. The summed E-state index contributed by atoms with van der Waals surface area (Å²) in [5, 5.41) is 27.9. The quantitative estimate of drug-likeness (QED) is 0.0184. The molecular weight excluding hydrogens is 1600 g/mol. The monoisotopic (exact) mass is 1700 g/mol. The molecule has 5 aliphatic rings. The summed E-state index contributed by atoms with van der Waals surface area (Å²) in [4.78, 5) is 203. The smallest absolute Gasteiger partial charge is 0.306 e. The average molecular weight is 1700 g/mol. The fraction of sp³-hybridized carbons (Fsp3) is 0.348. The highest BCUT2D eigenvalue weighted by atomic mass is 16.6. The molecule has 3 aliphatic heterocycles. The number of amides is 7. The number of rotatable bonds is 31. The van der Waals surface area contributed by atoms with Crippen molar-refractivity contribution in [3.63, 3.8) is 0 Å². The zero-order valence-corrected chi connectivity index (χ0v) is 70.1. The summed E-state index contributed by atoms with van der Waals surface area (Å²) in [6.45, 7) is 4.22. The van der Waals surface area contributed by atoms with Crippen LogP contribution in [0.2, 0.25) is 0 Å². The molecular formula is C92H100N16O17. The number of nitrogens with zero attached hydrogens (tertiary/aromatic N) is 6. The van der Waals surface area contributed by atoms with Crippen LogP contribution in [0.5, 0.6) is 0 Å². The molecule has 6 heterocycles. The van der Waals surface area contributed by atoms with Gasteiger partial charge in [-0.2, -0.15) is 0 Å². The number of hydrogen-bond acceptors (Lipinski definition) is 23. The van der Waals surface area contributed by atoms with E-state index in [1.165, 1.54) is 32.3 Å². The third-order valence-corrected chi connectivity index (χ3v) is 22.5. The molecule has 0 radical (unpaired) electrons. The number of β-lactam (4-membered cyclic amide) rings is 1. The zero-order valence-electron chi connectivity index (χ0n) is 70.1. The molecule has 0 saturated carbocycles. The van der Waals surface area contributed by atoms with Gasteiger partial charge < -0.3 is 62.6 Å². The summed E-state index contributed by atoms with van der Waals surface area (Å²) < 4.78 is 14.0. The predicted octanol–water partition coefficient (Wildman–Crippen LogP) is 5.71. The van der Waals surface area contributed by atoms with Crippen LogP contribution in [0, 0.1) is 0 Å². The maximum Gasteiger partial charge on any atom is 0.306 e. The van der Waals surface area contributed by atoms with Crippen molar-refractivity contribution in [2.45, 2.75) is 185 Å². The van der Waals surface area contributed by atoms with Crippen molar-refractivity contribution in [2.75, 3.05) is 37.1 Å². The SMILES string of the molecule is CN[C@@H](C)C(=O)Nc1cnc(-c2ccccc2)n(CC(=O)NC2CCCc3c(CC(=O)C4CC(=O)N4)cccc32)c1=O.CN[C@@H](C)C(=O)Nc1cnc(-c2ccccc2)n(CC(=O)NC2CCCc3c(CC(=O)C4CCC(=O)O4)cccc32)c1=O.CN[C@@H](C)C(=O)Nc1cnc(-c2ccccc2)n(CC(=O)NCc2cccc(CC(=O)C3CCC(=O)O3)c2)c1=O. The van der Waals surface area contributed by atoms with Gasteiger partial charge in [-0.05, 0) is 125 Å². The van der Waals surface area contributed by atoms with Gasteiger partial charge in [-0.3, -0.25) is 85.6 Å². The summed E-state index contributed by atoms with van der Waals surface area (Å²) in [5.41, 5.74) is 7.45. The molecule has 2 aliphatic carbocycles. The first-order valence-electron chi connectivity index (χ1n) is 41.6. The molecule has 0 spiro atoms. The van der Waals surface area contributed by atoms with Crippen LogP contribution in [0.15, 0.2) is 185 Å². The van der Waals surface area contributed by atoms with E-state index in [-0.39, 0.29) is 147 Å². The third-order valence-electron chi connectivity index (χ3n) is 22.5. The zero-order chi connectivity index (χ0) is 89.0. The van der Waals surface area contributed by atoms with Gasteiger partial charge in [0.1, 0.15) is 54.2 Å². The Morgan fingerprint density at radius 3 is 1.18 bits per heavy atom. The molecule has 9 aromatic rings. The number of ketones is 3. The van der Waals surface area contributed by atoms with E-state index in [4.69, 9.17) is 9.47 Å². The van der Waals surface area contributed by atoms with Gasteiger partial charge >= 0.3 is 11.9 Å². The molecule has 33 nitrogen and oxygen atoms in total. The number of ether oxygens (including phenoxy) is 2. The Hall–Kier alpha value is -13.9. The Balaban J connectivity index is 0.000000171. The molecule has 10 N–H and O–H groups in total. The van der Waals surface area contributed by atoms with Crippen LogP contribution >= 0.6 is 0 Å². The molecule has 33 heteroatoms.